The molecule has 510 valence electrons. The van der Waals surface area contributed by atoms with Gasteiger partial charge in [-0.2, -0.15) is 15.0 Å². The molecule has 3 heterocycles. The van der Waals surface area contributed by atoms with Crippen LogP contribution in [-0.4, -0.2) is 30.4 Å². The van der Waals surface area contributed by atoms with Gasteiger partial charge < -0.3 is 15.3 Å². The van der Waals surface area contributed by atoms with E-state index in [2.05, 4.69) is 297 Å². The van der Waals surface area contributed by atoms with Crippen LogP contribution in [0.4, 0.5) is 0 Å². The van der Waals surface area contributed by atoms with E-state index in [1.807, 2.05) is 36.4 Å². The molecule has 12 heteroatoms. The van der Waals surface area contributed by atoms with Gasteiger partial charge in [0, 0.05) is 50.8 Å². The number of fused-ring (bicyclic) bond motifs is 19. The van der Waals surface area contributed by atoms with Gasteiger partial charge in [0.2, 0.25) is 16.6 Å². The Bertz CT molecular complexity index is 6350. The molecule has 0 fully saturated rings. The predicted octanol–water partition coefficient (Wildman–Crippen LogP) is 21.1. The Morgan fingerprint density at radius 1 is 0.241 bits per heavy atom. The monoisotopic (exact) mass is 1440 g/mol. The Labute approximate surface area is 653 Å². The van der Waals surface area contributed by atoms with Gasteiger partial charge in [-0.05, 0) is 170 Å². The number of hydrogen-bond acceptors (Lipinski definition) is 6. The van der Waals surface area contributed by atoms with E-state index in [9.17, 15) is 15.3 Å². The summed E-state index contributed by atoms with van der Waals surface area (Å²) >= 11 is 5.05. The van der Waals surface area contributed by atoms with Crippen LogP contribution < -0.4 is 30.3 Å². The summed E-state index contributed by atoms with van der Waals surface area (Å²) in [6.45, 7) is 22.7. The number of hydrogen-bond donors (Lipinski definition) is 0. The molecule has 0 unspecified atom stereocenters. The van der Waals surface area contributed by atoms with Crippen molar-refractivity contribution in [3.05, 3.63) is 310 Å². The van der Waals surface area contributed by atoms with Gasteiger partial charge in [0.25, 0.3) is 15.0 Å². The van der Waals surface area contributed by atoms with Crippen molar-refractivity contribution in [2.45, 2.75) is 96.3 Å². The number of benzene rings is 13. The second kappa shape index (κ2) is 25.8. The van der Waals surface area contributed by atoms with Crippen LogP contribution in [0.25, 0.3) is 140 Å². The van der Waals surface area contributed by atoms with Crippen LogP contribution in [0.3, 0.4) is 0 Å². The number of nitrogens with one attached hydrogen (secondary N) is 3. The molecule has 5 aliphatic rings. The average Bonchev–Trinajstić information content (AvgIpc) is 1.57. The van der Waals surface area contributed by atoms with Crippen LogP contribution in [0.2, 0.25) is 0 Å². The fourth-order valence-corrected chi connectivity index (χ4v) is 21.7. The van der Waals surface area contributed by atoms with Gasteiger partial charge in [-0.3, -0.25) is 0 Å². The summed E-state index contributed by atoms with van der Waals surface area (Å²) in [4.78, 5) is 10.7. The van der Waals surface area contributed by atoms with Gasteiger partial charge in [0.15, 0.2) is 0 Å². The second-order valence-corrected chi connectivity index (χ2v) is 34.7. The Balaban J connectivity index is 0.000000123. The van der Waals surface area contributed by atoms with Crippen LogP contribution >= 0.6 is 34.0 Å². The van der Waals surface area contributed by atoms with E-state index in [0.717, 1.165) is 69.7 Å². The first kappa shape index (κ1) is 71.7. The van der Waals surface area contributed by atoms with E-state index in [1.165, 1.54) is 126 Å². The predicted molar refractivity (Wildman–Crippen MR) is 446 cm³/mol. The third kappa shape index (κ3) is 10.7. The van der Waals surface area contributed by atoms with Gasteiger partial charge in [-0.1, -0.05) is 315 Å². The number of aromatic amines is 3. The normalized spacial score (nSPS) is 14.8. The number of aromatic nitrogens is 3. The standard InChI is InChI=1S/C37H29NOS.C31H25NOS.C28H21NOS.3Be/c1-36(2)28-13-9-8-12-23(28)26-19-27(32(39)20-30(26)36)35-38-31-17-16-25-24-15-14-22(21-10-6-5-7-11-21)18-29(24)37(3,4)33(25)34(31)40-35;1-30(2)21-12-8-6-10-18(21)27-22(30)13-14-25(33)28(27)29-32-24-15-19-17-9-5-7-11-20(17)31(3,4)23(19)16-26(24)34-29;1-28(2)22-14-18(17-8-4-3-5-9-17)12-13-19(22)20-15-21(25(30)16-23(20)28)27-29-24-10-6-7-11-26(24)31-27;;;/h5-20,39H,1-4H3;5-16,33H,1-4H3;3-16,30H,1-2H3;;;/q;;;3*+2. The third-order valence-corrected chi connectivity index (χ3v) is 27.1. The zero-order valence-electron chi connectivity index (χ0n) is 62.3. The van der Waals surface area contributed by atoms with E-state index in [-0.39, 0.29) is 74.7 Å². The molecule has 16 aromatic rings. The average molecular weight is 1440 g/mol. The van der Waals surface area contributed by atoms with Crippen molar-refractivity contribution >= 4 is 95.0 Å². The summed E-state index contributed by atoms with van der Waals surface area (Å²) in [6.07, 6.45) is 0. The first-order chi connectivity index (χ1) is 50.5. The molecule has 0 spiro atoms. The number of para-hydroxylation sites is 1. The quantitative estimate of drug-likeness (QED) is 0.160. The van der Waals surface area contributed by atoms with E-state index in [1.54, 1.807) is 40.1 Å². The van der Waals surface area contributed by atoms with Crippen molar-refractivity contribution in [2.24, 2.45) is 0 Å². The molecule has 0 radical (unpaired) electrons. The third-order valence-electron chi connectivity index (χ3n) is 23.8. The zero-order valence-corrected chi connectivity index (χ0v) is 64.8. The number of thiazole rings is 3. The molecule has 108 heavy (non-hydrogen) atoms. The van der Waals surface area contributed by atoms with Crippen LogP contribution in [0.1, 0.15) is 125 Å². The largest absolute Gasteiger partial charge is 2.00 e. The van der Waals surface area contributed by atoms with E-state index >= 15 is 0 Å². The van der Waals surface area contributed by atoms with Crippen molar-refractivity contribution in [1.82, 2.24) is 0 Å². The van der Waals surface area contributed by atoms with Crippen LogP contribution in [0.15, 0.2) is 255 Å². The number of H-pyrrole nitrogens is 3. The molecule has 6 nitrogen and oxygen atoms in total. The second-order valence-electron chi connectivity index (χ2n) is 31.6. The van der Waals surface area contributed by atoms with E-state index in [4.69, 9.17) is 0 Å². The summed E-state index contributed by atoms with van der Waals surface area (Å²) in [5.41, 5.74) is 34.7. The molecule has 0 saturated heterocycles. The number of rotatable bonds is 5. The molecule has 0 bridgehead atoms. The molecule has 0 aliphatic heterocycles. The molecule has 21 rings (SSSR count). The smallest absolute Gasteiger partial charge is 0.872 e. The summed E-state index contributed by atoms with van der Waals surface area (Å²) in [5.74, 6) is 0.229. The summed E-state index contributed by atoms with van der Waals surface area (Å²) in [5, 5.41) is 42.9. The fourth-order valence-electron chi connectivity index (χ4n) is 18.2. The van der Waals surface area contributed by atoms with Crippen molar-refractivity contribution in [3.8, 4) is 127 Å². The maximum Gasteiger partial charge on any atom is 2.00 e. The van der Waals surface area contributed by atoms with Crippen molar-refractivity contribution in [2.75, 3.05) is 0 Å². The van der Waals surface area contributed by atoms with Crippen LogP contribution in [0, 0.1) is 0 Å². The molecular weight excluding hydrogens is 1370 g/mol. The topological polar surface area (TPSA) is 112 Å². The minimum atomic E-state index is -0.211. The van der Waals surface area contributed by atoms with Gasteiger partial charge in [-0.15, -0.1) is 0 Å². The Hall–Kier alpha value is -10.6. The van der Waals surface area contributed by atoms with Crippen LogP contribution in [-0.2, 0) is 27.1 Å². The van der Waals surface area contributed by atoms with Crippen molar-refractivity contribution in [1.29, 1.82) is 0 Å². The molecule has 3 N–H and O–H groups in total. The Morgan fingerprint density at radius 3 is 1.24 bits per heavy atom. The molecule has 5 aliphatic carbocycles. The first-order valence-corrected chi connectivity index (χ1v) is 38.7. The summed E-state index contributed by atoms with van der Waals surface area (Å²) in [7, 11) is 0. The minimum Gasteiger partial charge on any atom is -0.872 e. The van der Waals surface area contributed by atoms with Gasteiger partial charge >= 0.3 is 30.4 Å². The van der Waals surface area contributed by atoms with Gasteiger partial charge in [-0.25, -0.2) is 0 Å². The summed E-state index contributed by atoms with van der Waals surface area (Å²) in [6, 6.07) is 89.4. The molecule has 0 amide bonds. The molecule has 13 aromatic carbocycles. The zero-order chi connectivity index (χ0) is 72.0. The van der Waals surface area contributed by atoms with Crippen molar-refractivity contribution in [3.63, 3.8) is 0 Å². The van der Waals surface area contributed by atoms with Crippen LogP contribution in [0.5, 0.6) is 17.2 Å². The molecule has 0 saturated carbocycles. The molecule has 0 atom stereocenters. The Morgan fingerprint density at radius 2 is 0.657 bits per heavy atom. The SMILES string of the molecule is CC1(C)c2cc(-c3ccccc3)ccc2-c2cc(-c3[nH+]c4ccccc4s3)c([O-])cc21.CC1(C)c2ccccc2-c2cc(-c3[nH+]c4ccc5c(c4s3)C(C)(C)c3cc(-c4ccccc4)ccc3-5)c([O-])cc21.CC1(C)c2ccccc2-c2cc3[nH+]c(-c4c([O-])ccc5c4-c4ccccc4C5(C)C)sc3cc21.[Be+2].[Be+2].[Be+2]. The van der Waals surface area contributed by atoms with E-state index in [0.29, 0.717) is 0 Å². The first-order valence-electron chi connectivity index (χ1n) is 36.2. The van der Waals surface area contributed by atoms with Crippen molar-refractivity contribution < 1.29 is 30.3 Å². The van der Waals surface area contributed by atoms with E-state index < -0.39 is 0 Å². The maximum atomic E-state index is 13.6. The fraction of sp³-hybridized carbons (Fsp3) is 0.156. The summed E-state index contributed by atoms with van der Waals surface area (Å²) < 4.78 is 3.58. The van der Waals surface area contributed by atoms with Gasteiger partial charge in [0.1, 0.15) is 14.1 Å². The van der Waals surface area contributed by atoms with Gasteiger partial charge in [0.05, 0.1) is 16.7 Å². The molecular formula is C96H75Be3N3O3S3+6. The molecule has 3 aromatic heterocycles. The Kier molecular flexibility index (Phi) is 17.1. The maximum absolute atomic E-state index is 13.6. The minimum absolute atomic E-state index is 0.